The van der Waals surface area contributed by atoms with Crippen LogP contribution in [0.2, 0.25) is 0 Å². The number of nitrogens with one attached hydrogen (secondary N) is 1. The lowest BCUT2D eigenvalue weighted by molar-refractivity contribution is -0.184. The average molecular weight is 588 g/mol. The summed E-state index contributed by atoms with van der Waals surface area (Å²) in [7, 11) is 0. The predicted octanol–water partition coefficient (Wildman–Crippen LogP) is 6.03. The van der Waals surface area contributed by atoms with Gasteiger partial charge in [-0.1, -0.05) is 6.08 Å². The topological polar surface area (TPSA) is 133 Å². The Bertz CT molecular complexity index is 1440. The highest BCUT2D eigenvalue weighted by molar-refractivity contribution is 6.24. The number of ether oxygens (including phenoxy) is 1. The fourth-order valence-electron chi connectivity index (χ4n) is 6.63. The first-order valence-electron chi connectivity index (χ1n) is 14.2. The first-order valence-corrected chi connectivity index (χ1v) is 14.2. The van der Waals surface area contributed by atoms with Crippen LogP contribution >= 0.6 is 0 Å². The van der Waals surface area contributed by atoms with Crippen LogP contribution in [0.4, 0.5) is 13.2 Å². The lowest BCUT2D eigenvalue weighted by Gasteiger charge is -2.29. The highest BCUT2D eigenvalue weighted by Crippen LogP contribution is 2.46. The number of carbonyl (C=O) groups is 4. The number of aromatic carboxylic acids is 2. The van der Waals surface area contributed by atoms with Gasteiger partial charge in [0.25, 0.3) is 5.91 Å². The second kappa shape index (κ2) is 11.5. The summed E-state index contributed by atoms with van der Waals surface area (Å²) in [5.41, 5.74) is -0.845. The van der Waals surface area contributed by atoms with Crippen LogP contribution in [-0.2, 0) is 4.74 Å². The van der Waals surface area contributed by atoms with Crippen LogP contribution < -0.4 is 5.32 Å². The third-order valence-corrected chi connectivity index (χ3v) is 9.06. The number of carboxylic acids is 2. The van der Waals surface area contributed by atoms with E-state index in [9.17, 15) is 42.6 Å². The molecule has 2 saturated carbocycles. The molecule has 3 aliphatic rings. The fraction of sp³-hybridized carbons (Fsp3) is 0.484. The van der Waals surface area contributed by atoms with Gasteiger partial charge in [-0.2, -0.15) is 13.2 Å². The number of Topliss-reactive ketones (excluding diaryl/α,β-unsaturated/α-hetero) is 1. The average Bonchev–Trinajstić information content (AvgIpc) is 3.76. The molecule has 11 heteroatoms. The van der Waals surface area contributed by atoms with Gasteiger partial charge >= 0.3 is 18.1 Å². The molecule has 1 heterocycles. The zero-order chi connectivity index (χ0) is 30.3. The van der Waals surface area contributed by atoms with Crippen LogP contribution in [0.15, 0.2) is 36.9 Å². The summed E-state index contributed by atoms with van der Waals surface area (Å²) in [6.45, 7) is 3.81. The number of carbonyl (C=O) groups excluding carboxylic acids is 2. The summed E-state index contributed by atoms with van der Waals surface area (Å²) in [5.74, 6) is -5.26. The Hall–Kier alpha value is -3.73. The van der Waals surface area contributed by atoms with Crippen LogP contribution in [0.3, 0.4) is 0 Å². The number of amides is 1. The summed E-state index contributed by atoms with van der Waals surface area (Å²) >= 11 is 0. The number of epoxide rings is 1. The van der Waals surface area contributed by atoms with E-state index >= 15 is 0 Å². The number of fused-ring (bicyclic) bond motifs is 1. The van der Waals surface area contributed by atoms with E-state index in [-0.39, 0.29) is 70.7 Å². The van der Waals surface area contributed by atoms with Crippen molar-refractivity contribution in [2.45, 2.75) is 75.8 Å². The Morgan fingerprint density at radius 1 is 0.810 bits per heavy atom. The van der Waals surface area contributed by atoms with Crippen molar-refractivity contribution in [3.8, 4) is 0 Å². The molecule has 0 spiro atoms. The minimum atomic E-state index is -4.27. The Balaban J connectivity index is 1.46. The van der Waals surface area contributed by atoms with E-state index in [1.807, 2.05) is 6.08 Å². The van der Waals surface area contributed by atoms with Crippen molar-refractivity contribution >= 4 is 34.4 Å². The lowest BCUT2D eigenvalue weighted by atomic mass is 9.79. The first-order chi connectivity index (χ1) is 19.9. The number of hydrogen-bond acceptors (Lipinski definition) is 5. The molecule has 5 rings (SSSR count). The van der Waals surface area contributed by atoms with Crippen molar-refractivity contribution in [2.75, 3.05) is 0 Å². The van der Waals surface area contributed by atoms with Gasteiger partial charge in [0.1, 0.15) is 6.10 Å². The molecular formula is C31H32F3NO7. The Morgan fingerprint density at radius 2 is 1.33 bits per heavy atom. The predicted molar refractivity (Wildman–Crippen MR) is 146 cm³/mol. The van der Waals surface area contributed by atoms with Crippen LogP contribution in [0.25, 0.3) is 10.8 Å². The summed E-state index contributed by atoms with van der Waals surface area (Å²) in [6.07, 6.45) is -0.506. The maximum absolute atomic E-state index is 13.7. The smallest absolute Gasteiger partial charge is 0.391 e. The molecular weight excluding hydrogens is 555 g/mol. The maximum atomic E-state index is 13.7. The fourth-order valence-corrected chi connectivity index (χ4v) is 6.63. The van der Waals surface area contributed by atoms with Gasteiger partial charge in [0.05, 0.1) is 23.1 Å². The normalized spacial score (nSPS) is 27.7. The van der Waals surface area contributed by atoms with Crippen molar-refractivity contribution < 1.29 is 47.3 Å². The Morgan fingerprint density at radius 3 is 1.86 bits per heavy atom. The molecule has 0 aromatic heterocycles. The quantitative estimate of drug-likeness (QED) is 0.195. The molecule has 2 aromatic rings. The van der Waals surface area contributed by atoms with E-state index in [0.29, 0.717) is 18.8 Å². The zero-order valence-electron chi connectivity index (χ0n) is 22.8. The molecule has 1 aliphatic heterocycles. The molecule has 2 atom stereocenters. The largest absolute Gasteiger partial charge is 0.478 e. The second-order valence-corrected chi connectivity index (χ2v) is 11.5. The Labute approximate surface area is 239 Å². The third-order valence-electron chi connectivity index (χ3n) is 9.06. The number of rotatable bonds is 8. The number of ketones is 1. The van der Waals surface area contributed by atoms with Crippen LogP contribution in [-0.4, -0.2) is 58.3 Å². The van der Waals surface area contributed by atoms with Gasteiger partial charge in [-0.3, -0.25) is 9.59 Å². The number of alkyl halides is 3. The molecule has 2 aromatic carbocycles. The van der Waals surface area contributed by atoms with Gasteiger partial charge in [-0.25, -0.2) is 9.59 Å². The first kappa shape index (κ1) is 29.8. The molecule has 42 heavy (non-hydrogen) atoms. The van der Waals surface area contributed by atoms with E-state index < -0.39 is 47.9 Å². The van der Waals surface area contributed by atoms with Crippen molar-refractivity contribution in [1.82, 2.24) is 5.32 Å². The van der Waals surface area contributed by atoms with Gasteiger partial charge in [0.15, 0.2) is 5.78 Å². The van der Waals surface area contributed by atoms with E-state index in [1.54, 1.807) is 0 Å². The van der Waals surface area contributed by atoms with E-state index in [1.165, 1.54) is 24.3 Å². The maximum Gasteiger partial charge on any atom is 0.391 e. The molecule has 3 N–H and O–H groups in total. The van der Waals surface area contributed by atoms with Crippen LogP contribution in [0, 0.1) is 17.8 Å². The summed E-state index contributed by atoms with van der Waals surface area (Å²) in [6, 6.07) is 4.67. The van der Waals surface area contributed by atoms with Crippen LogP contribution in [0.1, 0.15) is 92.8 Å². The number of carboxylic acid groups (broad SMARTS) is 2. The number of allylic oxidation sites excluding steroid dienone is 1. The lowest BCUT2D eigenvalue weighted by Crippen LogP contribution is -2.37. The molecule has 2 aliphatic carbocycles. The zero-order valence-corrected chi connectivity index (χ0v) is 22.8. The summed E-state index contributed by atoms with van der Waals surface area (Å²) in [5, 5.41) is 22.5. The molecule has 8 nitrogen and oxygen atoms in total. The van der Waals surface area contributed by atoms with E-state index in [2.05, 4.69) is 11.9 Å². The minimum Gasteiger partial charge on any atom is -0.478 e. The highest BCUT2D eigenvalue weighted by atomic mass is 19.4. The number of halogens is 3. The van der Waals surface area contributed by atoms with Gasteiger partial charge in [-0.05, 0) is 87.5 Å². The molecule has 0 radical (unpaired) electrons. The van der Waals surface area contributed by atoms with Gasteiger partial charge < -0.3 is 20.3 Å². The molecule has 224 valence electrons. The minimum absolute atomic E-state index is 0.0535. The van der Waals surface area contributed by atoms with Gasteiger partial charge in [0, 0.05) is 27.9 Å². The van der Waals surface area contributed by atoms with Crippen molar-refractivity contribution in [3.05, 3.63) is 59.2 Å². The van der Waals surface area contributed by atoms with Crippen molar-refractivity contribution in [2.24, 2.45) is 17.8 Å². The van der Waals surface area contributed by atoms with E-state index in [0.717, 1.165) is 12.8 Å². The van der Waals surface area contributed by atoms with Gasteiger partial charge in [0.2, 0.25) is 0 Å². The second-order valence-electron chi connectivity index (χ2n) is 11.5. The number of benzene rings is 2. The standard InChI is InChI=1S/C31H32F3NO7/c1-2-15-3-9-18(10-4-15)35-28(37)20-12-14-21(29(38)39)23-19(11-13-22(24(20)23)30(40)41)25(36)27-26(42-27)16-5-7-17(8-6-16)31(32,33)34/h2,11-18,26-27H,1,3-10H2,(H,35,37)(H,38,39)(H,40,41)/t15?,16?,17?,18?,26-,27?/m0/s1. The SMILES string of the molecule is C=CC1CCC(NC(=O)c2ccc(C(=O)O)c3c(C(=O)C4O[C@H]4C4CCC(C(F)(F)F)CC4)ccc(C(=O)O)c23)CC1. The van der Waals surface area contributed by atoms with Gasteiger partial charge in [-0.15, -0.1) is 6.58 Å². The molecule has 3 fully saturated rings. The van der Waals surface area contributed by atoms with E-state index in [4.69, 9.17) is 4.74 Å². The van der Waals surface area contributed by atoms with Crippen molar-refractivity contribution in [1.29, 1.82) is 0 Å². The van der Waals surface area contributed by atoms with Crippen LogP contribution in [0.5, 0.6) is 0 Å². The summed E-state index contributed by atoms with van der Waals surface area (Å²) < 4.78 is 44.9. The molecule has 1 amide bonds. The van der Waals surface area contributed by atoms with Crippen molar-refractivity contribution in [3.63, 3.8) is 0 Å². The summed E-state index contributed by atoms with van der Waals surface area (Å²) in [4.78, 5) is 51.6. The Kier molecular flexibility index (Phi) is 8.15. The molecule has 0 bridgehead atoms. The number of hydrogen-bond donors (Lipinski definition) is 3. The highest BCUT2D eigenvalue weighted by Gasteiger charge is 2.52. The third kappa shape index (κ3) is 5.79. The monoisotopic (exact) mass is 587 g/mol. The molecule has 1 unspecified atom stereocenters. The molecule has 1 saturated heterocycles.